The van der Waals surface area contributed by atoms with E-state index in [1.807, 2.05) is 6.92 Å². The molecule has 2 heterocycles. The largest absolute Gasteiger partial charge is 0.394 e. The van der Waals surface area contributed by atoms with E-state index in [0.29, 0.717) is 12.1 Å². The number of hydrogen-bond donors (Lipinski definition) is 3. The van der Waals surface area contributed by atoms with E-state index >= 15 is 0 Å². The SMILES string of the molecule is COC(CO)CC(C)n1cnc2c(=O)[nH]c(N)nc21. The lowest BCUT2D eigenvalue weighted by molar-refractivity contribution is 0.0348. The third kappa shape index (κ3) is 2.59. The highest BCUT2D eigenvalue weighted by atomic mass is 16.5. The van der Waals surface area contributed by atoms with Gasteiger partial charge in [0.1, 0.15) is 0 Å². The highest BCUT2D eigenvalue weighted by molar-refractivity contribution is 5.70. The van der Waals surface area contributed by atoms with Crippen LogP contribution in [0.25, 0.3) is 11.2 Å². The summed E-state index contributed by atoms with van der Waals surface area (Å²) in [4.78, 5) is 22.2. The second-order valence-electron chi connectivity index (χ2n) is 4.40. The lowest BCUT2D eigenvalue weighted by Crippen LogP contribution is -2.21. The fraction of sp³-hybridized carbons (Fsp3) is 0.545. The summed E-state index contributed by atoms with van der Waals surface area (Å²) in [5, 5.41) is 9.13. The van der Waals surface area contributed by atoms with Gasteiger partial charge >= 0.3 is 0 Å². The van der Waals surface area contributed by atoms with E-state index in [1.54, 1.807) is 18.0 Å². The number of nitrogens with two attached hydrogens (primary N) is 1. The Morgan fingerprint density at radius 2 is 2.37 bits per heavy atom. The van der Waals surface area contributed by atoms with Crippen LogP contribution >= 0.6 is 0 Å². The molecular formula is C11H17N5O3. The van der Waals surface area contributed by atoms with Gasteiger partial charge in [0.25, 0.3) is 5.56 Å². The predicted molar refractivity (Wildman–Crippen MR) is 69.8 cm³/mol. The van der Waals surface area contributed by atoms with Crippen molar-refractivity contribution in [2.75, 3.05) is 19.5 Å². The molecule has 19 heavy (non-hydrogen) atoms. The molecule has 0 spiro atoms. The minimum absolute atomic E-state index is 0.0317. The molecule has 2 aromatic rings. The van der Waals surface area contributed by atoms with E-state index in [0.717, 1.165) is 0 Å². The first-order valence-corrected chi connectivity index (χ1v) is 5.92. The van der Waals surface area contributed by atoms with Crippen molar-refractivity contribution in [2.24, 2.45) is 0 Å². The number of nitrogens with zero attached hydrogens (tertiary/aromatic N) is 3. The number of imidazole rings is 1. The van der Waals surface area contributed by atoms with E-state index in [1.165, 1.54) is 0 Å². The van der Waals surface area contributed by atoms with Crippen molar-refractivity contribution in [1.82, 2.24) is 19.5 Å². The maximum Gasteiger partial charge on any atom is 0.280 e. The van der Waals surface area contributed by atoms with E-state index < -0.39 is 0 Å². The number of aliphatic hydroxyl groups excluding tert-OH is 1. The summed E-state index contributed by atoms with van der Waals surface area (Å²) in [7, 11) is 1.54. The zero-order valence-electron chi connectivity index (χ0n) is 10.8. The second kappa shape index (κ2) is 5.37. The van der Waals surface area contributed by atoms with Crippen LogP contribution in [0.3, 0.4) is 0 Å². The standard InChI is InChI=1S/C11H17N5O3/c1-6(3-7(4-17)19-2)16-5-13-8-9(16)14-11(12)15-10(8)18/h5-7,17H,3-4H2,1-2H3,(H3,12,14,15,18). The van der Waals surface area contributed by atoms with E-state index in [-0.39, 0.29) is 35.8 Å². The summed E-state index contributed by atoms with van der Waals surface area (Å²) in [5.74, 6) is 0.0527. The van der Waals surface area contributed by atoms with Gasteiger partial charge in [-0.25, -0.2) is 4.98 Å². The Hall–Kier alpha value is -1.93. The fourth-order valence-corrected chi connectivity index (χ4v) is 2.00. The number of nitrogen functional groups attached to an aromatic ring is 1. The van der Waals surface area contributed by atoms with Crippen LogP contribution < -0.4 is 11.3 Å². The first kappa shape index (κ1) is 13.5. The Balaban J connectivity index is 2.37. The zero-order chi connectivity index (χ0) is 14.0. The van der Waals surface area contributed by atoms with Crippen molar-refractivity contribution in [3.63, 3.8) is 0 Å². The number of aliphatic hydroxyl groups is 1. The maximum absolute atomic E-state index is 11.7. The monoisotopic (exact) mass is 267 g/mol. The fourth-order valence-electron chi connectivity index (χ4n) is 2.00. The molecule has 4 N–H and O–H groups in total. The van der Waals surface area contributed by atoms with Crippen molar-refractivity contribution in [1.29, 1.82) is 0 Å². The molecule has 0 saturated heterocycles. The molecule has 104 valence electrons. The number of nitrogens with one attached hydrogen (secondary N) is 1. The highest BCUT2D eigenvalue weighted by Gasteiger charge is 2.17. The number of aromatic amines is 1. The topological polar surface area (TPSA) is 119 Å². The number of methoxy groups -OCH3 is 1. The number of ether oxygens (including phenoxy) is 1. The van der Waals surface area contributed by atoms with Gasteiger partial charge in [-0.1, -0.05) is 0 Å². The van der Waals surface area contributed by atoms with Gasteiger partial charge < -0.3 is 20.1 Å². The molecule has 2 rings (SSSR count). The second-order valence-corrected chi connectivity index (χ2v) is 4.40. The third-order valence-electron chi connectivity index (χ3n) is 3.07. The predicted octanol–water partition coefficient (Wildman–Crippen LogP) is -0.340. The highest BCUT2D eigenvalue weighted by Crippen LogP contribution is 2.19. The van der Waals surface area contributed by atoms with Crippen LogP contribution in [0.1, 0.15) is 19.4 Å². The van der Waals surface area contributed by atoms with Crippen molar-refractivity contribution in [3.05, 3.63) is 16.7 Å². The minimum atomic E-state index is -0.362. The minimum Gasteiger partial charge on any atom is -0.394 e. The van der Waals surface area contributed by atoms with E-state index in [4.69, 9.17) is 15.6 Å². The van der Waals surface area contributed by atoms with Crippen molar-refractivity contribution < 1.29 is 9.84 Å². The molecule has 0 saturated carbocycles. The van der Waals surface area contributed by atoms with Crippen LogP contribution in [0.2, 0.25) is 0 Å². The van der Waals surface area contributed by atoms with Crippen LogP contribution in [-0.2, 0) is 4.74 Å². The van der Waals surface area contributed by atoms with E-state index in [9.17, 15) is 4.79 Å². The summed E-state index contributed by atoms with van der Waals surface area (Å²) in [6.45, 7) is 1.87. The molecular weight excluding hydrogens is 250 g/mol. The van der Waals surface area contributed by atoms with Gasteiger partial charge in [-0.15, -0.1) is 0 Å². The molecule has 8 heteroatoms. The molecule has 2 unspecified atom stereocenters. The van der Waals surface area contributed by atoms with E-state index in [2.05, 4.69) is 15.0 Å². The molecule has 8 nitrogen and oxygen atoms in total. The molecule has 0 radical (unpaired) electrons. The first-order valence-electron chi connectivity index (χ1n) is 5.92. The summed E-state index contributed by atoms with van der Waals surface area (Å²) in [6.07, 6.45) is 1.85. The van der Waals surface area contributed by atoms with Gasteiger partial charge in [0.15, 0.2) is 11.2 Å². The van der Waals surface area contributed by atoms with Gasteiger partial charge in [0.05, 0.1) is 19.0 Å². The summed E-state index contributed by atoms with van der Waals surface area (Å²) >= 11 is 0. The Kier molecular flexibility index (Phi) is 3.82. The van der Waals surface area contributed by atoms with Crippen molar-refractivity contribution in [3.8, 4) is 0 Å². The lowest BCUT2D eigenvalue weighted by atomic mass is 10.1. The van der Waals surface area contributed by atoms with Crippen LogP contribution in [0.5, 0.6) is 0 Å². The molecule has 0 aromatic carbocycles. The summed E-state index contributed by atoms with van der Waals surface area (Å²) in [6, 6.07) is -0.0317. The zero-order valence-corrected chi connectivity index (χ0v) is 10.8. The number of aromatic nitrogens is 4. The first-order chi connectivity index (χ1) is 9.06. The van der Waals surface area contributed by atoms with Crippen molar-refractivity contribution >= 4 is 17.1 Å². The smallest absolute Gasteiger partial charge is 0.280 e. The molecule has 2 aromatic heterocycles. The average molecular weight is 267 g/mol. The number of hydrogen-bond acceptors (Lipinski definition) is 6. The van der Waals surface area contributed by atoms with Gasteiger partial charge in [-0.05, 0) is 13.3 Å². The molecule has 0 aliphatic heterocycles. The summed E-state index contributed by atoms with van der Waals surface area (Å²) in [5.41, 5.74) is 5.85. The van der Waals surface area contributed by atoms with Crippen molar-refractivity contribution in [2.45, 2.75) is 25.5 Å². The van der Waals surface area contributed by atoms with Crippen LogP contribution in [0.15, 0.2) is 11.1 Å². The Bertz CT molecular complexity index is 616. The lowest BCUT2D eigenvalue weighted by Gasteiger charge is -2.19. The number of fused-ring (bicyclic) bond motifs is 1. The van der Waals surface area contributed by atoms with Gasteiger partial charge in [-0.2, -0.15) is 4.98 Å². The number of H-pyrrole nitrogens is 1. The quantitative estimate of drug-likeness (QED) is 0.682. The Morgan fingerprint density at radius 3 is 3.00 bits per heavy atom. The molecule has 2 atom stereocenters. The normalized spacial score (nSPS) is 14.7. The number of rotatable bonds is 5. The van der Waals surface area contributed by atoms with Crippen LogP contribution in [-0.4, -0.2) is 44.4 Å². The van der Waals surface area contributed by atoms with Gasteiger partial charge in [0.2, 0.25) is 5.95 Å². The van der Waals surface area contributed by atoms with Crippen LogP contribution in [0, 0.1) is 0 Å². The molecule has 0 aliphatic carbocycles. The molecule has 0 bridgehead atoms. The molecule has 0 amide bonds. The molecule has 0 aliphatic rings. The number of anilines is 1. The molecule has 0 fully saturated rings. The van der Waals surface area contributed by atoms with Gasteiger partial charge in [-0.3, -0.25) is 9.78 Å². The Labute approximate surface area is 109 Å². The summed E-state index contributed by atoms with van der Waals surface area (Å²) < 4.78 is 6.88. The third-order valence-corrected chi connectivity index (χ3v) is 3.07. The maximum atomic E-state index is 11.7. The van der Waals surface area contributed by atoms with Gasteiger partial charge in [0, 0.05) is 13.2 Å². The van der Waals surface area contributed by atoms with Crippen LogP contribution in [0.4, 0.5) is 5.95 Å². The Morgan fingerprint density at radius 1 is 1.63 bits per heavy atom. The average Bonchev–Trinajstić information content (AvgIpc) is 2.79.